The maximum atomic E-state index is 12.5. The van der Waals surface area contributed by atoms with E-state index in [2.05, 4.69) is 15.9 Å². The summed E-state index contributed by atoms with van der Waals surface area (Å²) in [6.07, 6.45) is 1.61. The Morgan fingerprint density at radius 2 is 2.26 bits per heavy atom. The molecule has 19 heavy (non-hydrogen) atoms. The van der Waals surface area contributed by atoms with E-state index in [-0.39, 0.29) is 12.0 Å². The van der Waals surface area contributed by atoms with Gasteiger partial charge in [0, 0.05) is 23.8 Å². The van der Waals surface area contributed by atoms with Crippen molar-refractivity contribution in [2.24, 2.45) is 0 Å². The summed E-state index contributed by atoms with van der Waals surface area (Å²) in [5, 5.41) is 1.61. The molecule has 2 heterocycles. The molecule has 1 atom stereocenters. The van der Waals surface area contributed by atoms with E-state index < -0.39 is 0 Å². The minimum absolute atomic E-state index is 0.0131. The van der Waals surface area contributed by atoms with Crippen LogP contribution in [0.15, 0.2) is 34.9 Å². The van der Waals surface area contributed by atoms with Gasteiger partial charge in [0.1, 0.15) is 11.8 Å². The molecule has 1 fully saturated rings. The zero-order valence-electron chi connectivity index (χ0n) is 10.3. The SMILES string of the molecule is O=C(c1coc2ccccc12)N1CCOC(CBr)C1. The van der Waals surface area contributed by atoms with Gasteiger partial charge in [0.05, 0.1) is 18.3 Å². The molecule has 1 aromatic carbocycles. The molecular formula is C14H14BrNO3. The molecule has 2 aromatic rings. The van der Waals surface area contributed by atoms with Crippen LogP contribution in [0.25, 0.3) is 11.0 Å². The third-order valence-electron chi connectivity index (χ3n) is 3.31. The maximum absolute atomic E-state index is 12.5. The second-order valence-corrected chi connectivity index (χ2v) is 5.19. The summed E-state index contributed by atoms with van der Waals surface area (Å²) >= 11 is 3.39. The molecule has 0 spiro atoms. The molecule has 1 aromatic heterocycles. The molecule has 0 radical (unpaired) electrons. The quantitative estimate of drug-likeness (QED) is 0.798. The highest BCUT2D eigenvalue weighted by Crippen LogP contribution is 2.23. The van der Waals surface area contributed by atoms with Crippen molar-refractivity contribution >= 4 is 32.8 Å². The molecule has 3 rings (SSSR count). The number of alkyl halides is 1. The van der Waals surface area contributed by atoms with Gasteiger partial charge in [0.25, 0.3) is 5.91 Å². The van der Waals surface area contributed by atoms with E-state index in [1.54, 1.807) is 6.26 Å². The number of hydrogen-bond donors (Lipinski definition) is 0. The number of rotatable bonds is 2. The van der Waals surface area contributed by atoms with Crippen molar-refractivity contribution in [3.05, 3.63) is 36.1 Å². The van der Waals surface area contributed by atoms with Crippen LogP contribution in [-0.2, 0) is 4.74 Å². The van der Waals surface area contributed by atoms with Crippen LogP contribution in [0, 0.1) is 0 Å². The van der Waals surface area contributed by atoms with Gasteiger partial charge in [-0.15, -0.1) is 0 Å². The zero-order chi connectivity index (χ0) is 13.2. The molecule has 0 N–H and O–H groups in total. The lowest BCUT2D eigenvalue weighted by Crippen LogP contribution is -2.46. The Morgan fingerprint density at radius 1 is 1.42 bits per heavy atom. The van der Waals surface area contributed by atoms with Crippen molar-refractivity contribution in [2.75, 3.05) is 25.0 Å². The second kappa shape index (κ2) is 5.35. The predicted octanol–water partition coefficient (Wildman–Crippen LogP) is 2.67. The number of fused-ring (bicyclic) bond motifs is 1. The first kappa shape index (κ1) is 12.7. The third-order valence-corrected chi connectivity index (χ3v) is 4.03. The van der Waals surface area contributed by atoms with Crippen LogP contribution in [0.1, 0.15) is 10.4 Å². The fourth-order valence-corrected chi connectivity index (χ4v) is 2.70. The van der Waals surface area contributed by atoms with Gasteiger partial charge in [0.15, 0.2) is 0 Å². The van der Waals surface area contributed by atoms with E-state index in [1.165, 1.54) is 0 Å². The summed E-state index contributed by atoms with van der Waals surface area (Å²) in [4.78, 5) is 14.4. The molecule has 0 aliphatic carbocycles. The minimum atomic E-state index is 0.0131. The Labute approximate surface area is 119 Å². The fraction of sp³-hybridized carbons (Fsp3) is 0.357. The highest BCUT2D eigenvalue weighted by Gasteiger charge is 2.26. The Kier molecular flexibility index (Phi) is 3.57. The third kappa shape index (κ3) is 2.40. The number of furan rings is 1. The lowest BCUT2D eigenvalue weighted by Gasteiger charge is -2.31. The van der Waals surface area contributed by atoms with Crippen LogP contribution in [0.4, 0.5) is 0 Å². The monoisotopic (exact) mass is 323 g/mol. The highest BCUT2D eigenvalue weighted by atomic mass is 79.9. The normalized spacial score (nSPS) is 19.8. The predicted molar refractivity (Wildman–Crippen MR) is 75.7 cm³/mol. The summed E-state index contributed by atoms with van der Waals surface area (Å²) < 4.78 is 11.0. The lowest BCUT2D eigenvalue weighted by atomic mass is 10.1. The number of para-hydroxylation sites is 1. The summed E-state index contributed by atoms with van der Waals surface area (Å²) in [6, 6.07) is 7.59. The Hall–Kier alpha value is -1.33. The van der Waals surface area contributed by atoms with Crippen LogP contribution in [0.2, 0.25) is 0 Å². The summed E-state index contributed by atoms with van der Waals surface area (Å²) in [6.45, 7) is 1.82. The molecule has 1 aliphatic rings. The van der Waals surface area contributed by atoms with Gasteiger partial charge in [-0.1, -0.05) is 34.1 Å². The van der Waals surface area contributed by atoms with Gasteiger partial charge < -0.3 is 14.1 Å². The Morgan fingerprint density at radius 3 is 3.11 bits per heavy atom. The van der Waals surface area contributed by atoms with E-state index in [0.717, 1.165) is 16.3 Å². The molecule has 1 unspecified atom stereocenters. The van der Waals surface area contributed by atoms with Gasteiger partial charge in [-0.2, -0.15) is 0 Å². The fourth-order valence-electron chi connectivity index (χ4n) is 2.31. The summed E-state index contributed by atoms with van der Waals surface area (Å²) in [5.41, 5.74) is 1.38. The largest absolute Gasteiger partial charge is 0.463 e. The number of halogens is 1. The summed E-state index contributed by atoms with van der Waals surface area (Å²) in [7, 11) is 0. The molecule has 1 aliphatic heterocycles. The first-order chi connectivity index (χ1) is 9.29. The number of hydrogen-bond acceptors (Lipinski definition) is 3. The lowest BCUT2D eigenvalue weighted by molar-refractivity contribution is -0.00961. The van der Waals surface area contributed by atoms with Crippen LogP contribution in [0.5, 0.6) is 0 Å². The molecule has 5 heteroatoms. The Bertz CT molecular complexity index is 595. The number of carbonyl (C=O) groups is 1. The standard InChI is InChI=1S/C14H14BrNO3/c15-7-10-8-16(5-6-18-10)14(17)12-9-19-13-4-2-1-3-11(12)13/h1-4,9-10H,5-8H2. The van der Waals surface area contributed by atoms with Crippen LogP contribution in [0.3, 0.4) is 0 Å². The molecule has 1 amide bonds. The van der Waals surface area contributed by atoms with E-state index in [4.69, 9.17) is 9.15 Å². The van der Waals surface area contributed by atoms with E-state index in [0.29, 0.717) is 25.3 Å². The number of amides is 1. The average molecular weight is 324 g/mol. The molecule has 0 bridgehead atoms. The van der Waals surface area contributed by atoms with Crippen molar-refractivity contribution in [1.29, 1.82) is 0 Å². The van der Waals surface area contributed by atoms with E-state index in [9.17, 15) is 4.79 Å². The van der Waals surface area contributed by atoms with Gasteiger partial charge in [-0.3, -0.25) is 4.79 Å². The first-order valence-corrected chi connectivity index (χ1v) is 7.35. The molecular weight excluding hydrogens is 310 g/mol. The smallest absolute Gasteiger partial charge is 0.257 e. The van der Waals surface area contributed by atoms with Crippen LogP contribution in [-0.4, -0.2) is 41.9 Å². The first-order valence-electron chi connectivity index (χ1n) is 6.22. The van der Waals surface area contributed by atoms with Gasteiger partial charge in [-0.05, 0) is 6.07 Å². The number of ether oxygens (including phenoxy) is 1. The van der Waals surface area contributed by atoms with E-state index >= 15 is 0 Å². The topological polar surface area (TPSA) is 42.7 Å². The van der Waals surface area contributed by atoms with Gasteiger partial charge in [-0.25, -0.2) is 0 Å². The second-order valence-electron chi connectivity index (χ2n) is 4.54. The molecule has 1 saturated heterocycles. The molecule has 4 nitrogen and oxygen atoms in total. The van der Waals surface area contributed by atoms with Crippen molar-refractivity contribution in [1.82, 2.24) is 4.90 Å². The van der Waals surface area contributed by atoms with Crippen molar-refractivity contribution < 1.29 is 13.9 Å². The van der Waals surface area contributed by atoms with Crippen molar-refractivity contribution in [3.8, 4) is 0 Å². The van der Waals surface area contributed by atoms with Gasteiger partial charge in [0.2, 0.25) is 0 Å². The van der Waals surface area contributed by atoms with Gasteiger partial charge >= 0.3 is 0 Å². The molecule has 100 valence electrons. The highest BCUT2D eigenvalue weighted by molar-refractivity contribution is 9.09. The molecule has 0 saturated carbocycles. The Balaban J connectivity index is 1.87. The summed E-state index contributed by atoms with van der Waals surface area (Å²) in [5.74, 6) is 0.0131. The number of morpholine rings is 1. The number of nitrogens with zero attached hydrogens (tertiary/aromatic N) is 1. The van der Waals surface area contributed by atoms with E-state index in [1.807, 2.05) is 29.2 Å². The minimum Gasteiger partial charge on any atom is -0.463 e. The number of carbonyl (C=O) groups excluding carboxylic acids is 1. The van der Waals surface area contributed by atoms with Crippen molar-refractivity contribution in [2.45, 2.75) is 6.10 Å². The van der Waals surface area contributed by atoms with Crippen LogP contribution >= 0.6 is 15.9 Å². The number of benzene rings is 1. The zero-order valence-corrected chi connectivity index (χ0v) is 11.9. The average Bonchev–Trinajstić information content (AvgIpc) is 2.90. The van der Waals surface area contributed by atoms with Crippen molar-refractivity contribution in [3.63, 3.8) is 0 Å². The maximum Gasteiger partial charge on any atom is 0.257 e. The van der Waals surface area contributed by atoms with Crippen LogP contribution < -0.4 is 0 Å².